The SMILES string of the molecule is C=CCC(CCN)c1ccc(F)cc1.C=CCC(CCNC(=O)O)c1ccc(F)cc1. The molecule has 0 radical (unpaired) electrons. The summed E-state index contributed by atoms with van der Waals surface area (Å²) in [6.45, 7) is 8.42. The largest absolute Gasteiger partial charge is 0.465 e. The first-order chi connectivity index (χ1) is 14.9. The van der Waals surface area contributed by atoms with Gasteiger partial charge in [-0.25, -0.2) is 13.6 Å². The normalized spacial score (nSPS) is 12.1. The highest BCUT2D eigenvalue weighted by molar-refractivity contribution is 5.64. The molecule has 0 aliphatic carbocycles. The van der Waals surface area contributed by atoms with E-state index in [9.17, 15) is 13.6 Å². The Bertz CT molecular complexity index is 792. The lowest BCUT2D eigenvalue weighted by Gasteiger charge is -2.15. The zero-order valence-corrected chi connectivity index (χ0v) is 17.8. The van der Waals surface area contributed by atoms with Crippen molar-refractivity contribution in [2.24, 2.45) is 5.73 Å². The number of hydrogen-bond acceptors (Lipinski definition) is 2. The van der Waals surface area contributed by atoms with Crippen molar-refractivity contribution in [1.29, 1.82) is 0 Å². The summed E-state index contributed by atoms with van der Waals surface area (Å²) in [5.74, 6) is 0.0756. The molecule has 0 spiro atoms. The van der Waals surface area contributed by atoms with Gasteiger partial charge in [-0.2, -0.15) is 0 Å². The monoisotopic (exact) mass is 430 g/mol. The third-order valence-electron chi connectivity index (χ3n) is 4.87. The molecule has 1 amide bonds. The van der Waals surface area contributed by atoms with Crippen LogP contribution in [0.3, 0.4) is 0 Å². The summed E-state index contributed by atoms with van der Waals surface area (Å²) in [4.78, 5) is 10.3. The van der Waals surface area contributed by atoms with E-state index in [2.05, 4.69) is 18.5 Å². The predicted molar refractivity (Wildman–Crippen MR) is 122 cm³/mol. The van der Waals surface area contributed by atoms with E-state index in [-0.39, 0.29) is 17.6 Å². The first-order valence-corrected chi connectivity index (χ1v) is 10.3. The predicted octanol–water partition coefficient (Wildman–Crippen LogP) is 5.98. The van der Waals surface area contributed by atoms with Crippen LogP contribution in [0.15, 0.2) is 73.8 Å². The second-order valence-electron chi connectivity index (χ2n) is 7.14. The molecule has 0 saturated heterocycles. The van der Waals surface area contributed by atoms with Crippen molar-refractivity contribution in [3.8, 4) is 0 Å². The molecule has 0 aromatic heterocycles. The van der Waals surface area contributed by atoms with Crippen molar-refractivity contribution < 1.29 is 18.7 Å². The van der Waals surface area contributed by atoms with Crippen molar-refractivity contribution >= 4 is 6.09 Å². The first-order valence-electron chi connectivity index (χ1n) is 10.3. The Labute approximate surface area is 183 Å². The molecular formula is C25H32F2N2O2. The summed E-state index contributed by atoms with van der Waals surface area (Å²) in [5.41, 5.74) is 7.65. The molecule has 2 unspecified atom stereocenters. The molecular weight excluding hydrogens is 398 g/mol. The number of nitrogens with one attached hydrogen (secondary N) is 1. The van der Waals surface area contributed by atoms with E-state index in [0.29, 0.717) is 25.4 Å². The summed E-state index contributed by atoms with van der Waals surface area (Å²) in [5, 5.41) is 10.8. The van der Waals surface area contributed by atoms with Crippen molar-refractivity contribution in [3.05, 3.63) is 96.6 Å². The molecule has 4 nitrogen and oxygen atoms in total. The quantitative estimate of drug-likeness (QED) is 0.384. The minimum absolute atomic E-state index is 0.167. The summed E-state index contributed by atoms with van der Waals surface area (Å²) >= 11 is 0. The Morgan fingerprint density at radius 3 is 1.68 bits per heavy atom. The number of rotatable bonds is 11. The van der Waals surface area contributed by atoms with Gasteiger partial charge in [0, 0.05) is 6.54 Å². The highest BCUT2D eigenvalue weighted by Crippen LogP contribution is 2.24. The van der Waals surface area contributed by atoms with Gasteiger partial charge in [0.05, 0.1) is 0 Å². The van der Waals surface area contributed by atoms with E-state index in [0.717, 1.165) is 30.4 Å². The van der Waals surface area contributed by atoms with E-state index >= 15 is 0 Å². The number of halogens is 2. The lowest BCUT2D eigenvalue weighted by Crippen LogP contribution is -2.23. The van der Waals surface area contributed by atoms with Crippen molar-refractivity contribution in [2.45, 2.75) is 37.5 Å². The van der Waals surface area contributed by atoms with Crippen LogP contribution in [0.4, 0.5) is 13.6 Å². The van der Waals surface area contributed by atoms with Crippen LogP contribution in [0.1, 0.15) is 48.6 Å². The van der Waals surface area contributed by atoms with Gasteiger partial charge in [0.15, 0.2) is 0 Å². The minimum atomic E-state index is -1.03. The van der Waals surface area contributed by atoms with E-state index in [4.69, 9.17) is 10.8 Å². The Kier molecular flexibility index (Phi) is 12.5. The Morgan fingerprint density at radius 2 is 1.32 bits per heavy atom. The molecule has 0 heterocycles. The van der Waals surface area contributed by atoms with Crippen molar-refractivity contribution in [3.63, 3.8) is 0 Å². The van der Waals surface area contributed by atoms with E-state index in [1.165, 1.54) is 24.3 Å². The molecule has 2 aromatic carbocycles. The van der Waals surface area contributed by atoms with Gasteiger partial charge in [-0.15, -0.1) is 13.2 Å². The number of allylic oxidation sites excluding steroid dienone is 2. The summed E-state index contributed by atoms with van der Waals surface area (Å²) < 4.78 is 25.5. The van der Waals surface area contributed by atoms with Crippen LogP contribution < -0.4 is 11.1 Å². The van der Waals surface area contributed by atoms with Gasteiger partial charge in [0.1, 0.15) is 11.6 Å². The highest BCUT2D eigenvalue weighted by Gasteiger charge is 2.10. The van der Waals surface area contributed by atoms with Crippen LogP contribution in [0.5, 0.6) is 0 Å². The topological polar surface area (TPSA) is 75.3 Å². The Balaban J connectivity index is 0.000000316. The fourth-order valence-electron chi connectivity index (χ4n) is 3.27. The van der Waals surface area contributed by atoms with Gasteiger partial charge in [0.25, 0.3) is 0 Å². The number of carbonyl (C=O) groups is 1. The standard InChI is InChI=1S/C13H16FNO2.C12H16FN/c1-2-3-10(8-9-15-13(16)17)11-4-6-12(14)7-5-11;1-2-3-10(8-9-14)11-4-6-12(13)7-5-11/h2,4-7,10,15H,1,3,8-9H2,(H,16,17);2,4-7,10H,1,3,8-9,14H2. The van der Waals surface area contributed by atoms with Gasteiger partial charge in [-0.05, 0) is 79.5 Å². The van der Waals surface area contributed by atoms with Crippen molar-refractivity contribution in [1.82, 2.24) is 5.32 Å². The van der Waals surface area contributed by atoms with Gasteiger partial charge in [-0.1, -0.05) is 36.4 Å². The minimum Gasteiger partial charge on any atom is -0.465 e. The average molecular weight is 431 g/mol. The molecule has 0 bridgehead atoms. The number of benzene rings is 2. The number of nitrogens with two attached hydrogens (primary N) is 1. The van der Waals surface area contributed by atoms with Crippen LogP contribution in [0, 0.1) is 11.6 Å². The summed E-state index contributed by atoms with van der Waals surface area (Å²) in [7, 11) is 0. The molecule has 31 heavy (non-hydrogen) atoms. The average Bonchev–Trinajstić information content (AvgIpc) is 2.74. The van der Waals surface area contributed by atoms with Gasteiger partial charge >= 0.3 is 6.09 Å². The van der Waals surface area contributed by atoms with Gasteiger partial charge in [-0.3, -0.25) is 0 Å². The van der Waals surface area contributed by atoms with Gasteiger partial charge in [0.2, 0.25) is 0 Å². The number of carboxylic acid groups (broad SMARTS) is 1. The fourth-order valence-corrected chi connectivity index (χ4v) is 3.27. The summed E-state index contributed by atoms with van der Waals surface area (Å²) in [6.07, 6.45) is 5.86. The van der Waals surface area contributed by atoms with Crippen LogP contribution in [0.25, 0.3) is 0 Å². The van der Waals surface area contributed by atoms with Crippen LogP contribution >= 0.6 is 0 Å². The summed E-state index contributed by atoms with van der Waals surface area (Å²) in [6, 6.07) is 12.9. The molecule has 0 fully saturated rings. The fraction of sp³-hybridized carbons (Fsp3) is 0.320. The second kappa shape index (κ2) is 14.9. The molecule has 0 aliphatic heterocycles. The van der Waals surface area contributed by atoms with E-state index in [1.54, 1.807) is 18.2 Å². The first kappa shape index (κ1) is 26.0. The zero-order valence-electron chi connectivity index (χ0n) is 17.8. The third kappa shape index (κ3) is 10.6. The lowest BCUT2D eigenvalue weighted by atomic mass is 9.92. The third-order valence-corrected chi connectivity index (χ3v) is 4.87. The van der Waals surface area contributed by atoms with Crippen LogP contribution in [0.2, 0.25) is 0 Å². The van der Waals surface area contributed by atoms with Gasteiger partial charge < -0.3 is 16.2 Å². The molecule has 0 aliphatic rings. The molecule has 0 saturated carbocycles. The molecule has 2 atom stereocenters. The Hall–Kier alpha value is -2.99. The highest BCUT2D eigenvalue weighted by atomic mass is 19.1. The number of amides is 1. The molecule has 2 rings (SSSR count). The lowest BCUT2D eigenvalue weighted by molar-refractivity contribution is 0.194. The van der Waals surface area contributed by atoms with E-state index in [1.807, 2.05) is 18.2 Å². The molecule has 4 N–H and O–H groups in total. The molecule has 2 aromatic rings. The number of hydrogen-bond donors (Lipinski definition) is 3. The van der Waals surface area contributed by atoms with E-state index < -0.39 is 6.09 Å². The van der Waals surface area contributed by atoms with Crippen LogP contribution in [-0.4, -0.2) is 24.3 Å². The molecule has 6 heteroatoms. The smallest absolute Gasteiger partial charge is 0.404 e. The maximum atomic E-state index is 12.8. The molecule has 168 valence electrons. The Morgan fingerprint density at radius 1 is 0.903 bits per heavy atom. The van der Waals surface area contributed by atoms with Crippen molar-refractivity contribution in [2.75, 3.05) is 13.1 Å². The second-order valence-corrected chi connectivity index (χ2v) is 7.14. The van der Waals surface area contributed by atoms with Crippen LogP contribution in [-0.2, 0) is 0 Å². The maximum absolute atomic E-state index is 12.8. The maximum Gasteiger partial charge on any atom is 0.404 e. The zero-order chi connectivity index (χ0) is 23.1.